The molecule has 0 radical (unpaired) electrons. The van der Waals surface area contributed by atoms with E-state index in [1.54, 1.807) is 14.2 Å². The standard InChI is InChI=1S/C24H27N3O4S/c1-29-19-6-3-5-18(13-19)25-24(32)27(15-21-7-4-10-31-21)14-17-11-16-12-20(30-2)8-9-22(16)26-23(17)28/h3,5-6,8-9,11-13,21H,4,7,10,14-15H2,1-2H3,(H,25,32)(H,26,28). The van der Waals surface area contributed by atoms with Crippen LogP contribution in [-0.2, 0) is 11.3 Å². The molecule has 2 heterocycles. The number of ether oxygens (including phenoxy) is 3. The van der Waals surface area contributed by atoms with E-state index in [0.717, 1.165) is 47.5 Å². The Kier molecular flexibility index (Phi) is 6.92. The SMILES string of the molecule is COc1cccc(NC(=S)N(Cc2cc3cc(OC)ccc3[nH]c2=O)CC2CCCO2)c1. The minimum atomic E-state index is -0.135. The lowest BCUT2D eigenvalue weighted by atomic mass is 10.1. The maximum atomic E-state index is 12.8. The van der Waals surface area contributed by atoms with E-state index < -0.39 is 0 Å². The summed E-state index contributed by atoms with van der Waals surface area (Å²) in [7, 11) is 3.25. The molecule has 0 saturated carbocycles. The minimum absolute atomic E-state index is 0.0830. The van der Waals surface area contributed by atoms with Crippen LogP contribution in [-0.4, -0.2) is 48.5 Å². The fraction of sp³-hybridized carbons (Fsp3) is 0.333. The average molecular weight is 454 g/mol. The van der Waals surface area contributed by atoms with Crippen LogP contribution in [0.25, 0.3) is 10.9 Å². The second-order valence-electron chi connectivity index (χ2n) is 7.75. The van der Waals surface area contributed by atoms with E-state index in [1.165, 1.54) is 0 Å². The predicted molar refractivity (Wildman–Crippen MR) is 130 cm³/mol. The number of nitrogens with zero attached hydrogens (tertiary/aromatic N) is 1. The van der Waals surface area contributed by atoms with Crippen molar-refractivity contribution in [3.05, 3.63) is 64.4 Å². The Balaban J connectivity index is 1.60. The van der Waals surface area contributed by atoms with Crippen molar-refractivity contribution in [2.45, 2.75) is 25.5 Å². The summed E-state index contributed by atoms with van der Waals surface area (Å²) < 4.78 is 16.5. The summed E-state index contributed by atoms with van der Waals surface area (Å²) >= 11 is 5.74. The molecule has 1 aliphatic heterocycles. The molecule has 32 heavy (non-hydrogen) atoms. The Bertz CT molecular complexity index is 1160. The lowest BCUT2D eigenvalue weighted by Gasteiger charge is -2.28. The molecule has 1 saturated heterocycles. The first-order valence-electron chi connectivity index (χ1n) is 10.6. The number of fused-ring (bicyclic) bond motifs is 1. The van der Waals surface area contributed by atoms with Crippen LogP contribution in [0.15, 0.2) is 53.3 Å². The normalized spacial score (nSPS) is 15.5. The summed E-state index contributed by atoms with van der Waals surface area (Å²) in [5.74, 6) is 1.48. The first-order valence-corrected chi connectivity index (χ1v) is 11.0. The maximum Gasteiger partial charge on any atom is 0.253 e. The van der Waals surface area contributed by atoms with Gasteiger partial charge in [0.15, 0.2) is 5.11 Å². The van der Waals surface area contributed by atoms with E-state index in [9.17, 15) is 4.79 Å². The Labute approximate surface area is 192 Å². The monoisotopic (exact) mass is 453 g/mol. The summed E-state index contributed by atoms with van der Waals surface area (Å²) in [5.41, 5.74) is 2.08. The van der Waals surface area contributed by atoms with Crippen molar-refractivity contribution >= 4 is 33.9 Å². The lowest BCUT2D eigenvalue weighted by Crippen LogP contribution is -2.40. The number of hydrogen-bond acceptors (Lipinski definition) is 5. The van der Waals surface area contributed by atoms with Crippen LogP contribution in [0.1, 0.15) is 18.4 Å². The minimum Gasteiger partial charge on any atom is -0.497 e. The summed E-state index contributed by atoms with van der Waals surface area (Å²) in [6.45, 7) is 1.72. The fourth-order valence-corrected chi connectivity index (χ4v) is 4.09. The molecule has 0 spiro atoms. The third-order valence-corrected chi connectivity index (χ3v) is 5.91. The molecule has 1 unspecified atom stereocenters. The number of thiocarbonyl (C=S) groups is 1. The van der Waals surface area contributed by atoms with Gasteiger partial charge in [-0.1, -0.05) is 6.07 Å². The zero-order chi connectivity index (χ0) is 22.5. The van der Waals surface area contributed by atoms with Gasteiger partial charge in [0.05, 0.1) is 26.9 Å². The van der Waals surface area contributed by atoms with Crippen LogP contribution in [0.4, 0.5) is 5.69 Å². The Morgan fingerprint density at radius 1 is 1.19 bits per heavy atom. The van der Waals surface area contributed by atoms with E-state index in [4.69, 9.17) is 26.4 Å². The molecule has 8 heteroatoms. The van der Waals surface area contributed by atoms with Crippen molar-refractivity contribution in [1.29, 1.82) is 0 Å². The molecule has 1 aromatic heterocycles. The van der Waals surface area contributed by atoms with Crippen molar-refractivity contribution in [3.8, 4) is 11.5 Å². The molecule has 1 aliphatic rings. The van der Waals surface area contributed by atoms with Crippen molar-refractivity contribution in [1.82, 2.24) is 9.88 Å². The van der Waals surface area contributed by atoms with Crippen LogP contribution < -0.4 is 20.3 Å². The number of nitrogens with one attached hydrogen (secondary N) is 2. The van der Waals surface area contributed by atoms with E-state index in [0.29, 0.717) is 23.8 Å². The highest BCUT2D eigenvalue weighted by Crippen LogP contribution is 2.21. The van der Waals surface area contributed by atoms with Crippen LogP contribution in [0, 0.1) is 0 Å². The summed E-state index contributed by atoms with van der Waals surface area (Å²) in [5, 5.41) is 4.71. The van der Waals surface area contributed by atoms with Gasteiger partial charge in [-0.2, -0.15) is 0 Å². The number of hydrogen-bond donors (Lipinski definition) is 2. The van der Waals surface area contributed by atoms with Gasteiger partial charge in [-0.15, -0.1) is 0 Å². The zero-order valence-corrected chi connectivity index (χ0v) is 19.0. The number of anilines is 1. The topological polar surface area (TPSA) is 75.8 Å². The molecule has 7 nitrogen and oxygen atoms in total. The van der Waals surface area contributed by atoms with Gasteiger partial charge >= 0.3 is 0 Å². The van der Waals surface area contributed by atoms with Gasteiger partial charge in [0, 0.05) is 41.4 Å². The van der Waals surface area contributed by atoms with Crippen LogP contribution in [0.2, 0.25) is 0 Å². The Morgan fingerprint density at radius 2 is 2.00 bits per heavy atom. The smallest absolute Gasteiger partial charge is 0.253 e. The number of benzene rings is 2. The van der Waals surface area contributed by atoms with E-state index in [2.05, 4.69) is 10.3 Å². The highest BCUT2D eigenvalue weighted by molar-refractivity contribution is 7.80. The van der Waals surface area contributed by atoms with Crippen LogP contribution in [0.3, 0.4) is 0 Å². The van der Waals surface area contributed by atoms with Gasteiger partial charge in [0.1, 0.15) is 11.5 Å². The van der Waals surface area contributed by atoms with Crippen LogP contribution >= 0.6 is 12.2 Å². The molecule has 0 bridgehead atoms. The fourth-order valence-electron chi connectivity index (χ4n) is 3.84. The molecule has 2 aromatic carbocycles. The van der Waals surface area contributed by atoms with E-state index in [1.807, 2.05) is 53.4 Å². The number of aromatic nitrogens is 1. The van der Waals surface area contributed by atoms with Crippen molar-refractivity contribution in [2.24, 2.45) is 0 Å². The summed E-state index contributed by atoms with van der Waals surface area (Å²) in [4.78, 5) is 17.8. The van der Waals surface area contributed by atoms with Gasteiger partial charge in [0.25, 0.3) is 5.56 Å². The molecular weight excluding hydrogens is 426 g/mol. The number of aromatic amines is 1. The molecule has 4 rings (SSSR count). The van der Waals surface area contributed by atoms with Gasteiger partial charge in [-0.3, -0.25) is 4.79 Å². The number of rotatable bonds is 7. The zero-order valence-electron chi connectivity index (χ0n) is 18.2. The molecule has 2 N–H and O–H groups in total. The van der Waals surface area contributed by atoms with E-state index >= 15 is 0 Å². The van der Waals surface area contributed by atoms with Crippen molar-refractivity contribution in [2.75, 3.05) is 32.7 Å². The molecule has 0 aliphatic carbocycles. The Morgan fingerprint density at radius 3 is 2.75 bits per heavy atom. The molecule has 1 atom stereocenters. The number of H-pyrrole nitrogens is 1. The second-order valence-corrected chi connectivity index (χ2v) is 8.14. The van der Waals surface area contributed by atoms with Gasteiger partial charge < -0.3 is 29.4 Å². The van der Waals surface area contributed by atoms with Crippen molar-refractivity contribution in [3.63, 3.8) is 0 Å². The average Bonchev–Trinajstić information content (AvgIpc) is 3.32. The largest absolute Gasteiger partial charge is 0.497 e. The maximum absolute atomic E-state index is 12.8. The Hall–Kier alpha value is -3.10. The molecule has 168 valence electrons. The highest BCUT2D eigenvalue weighted by Gasteiger charge is 2.22. The van der Waals surface area contributed by atoms with Gasteiger partial charge in [0.2, 0.25) is 0 Å². The third-order valence-electron chi connectivity index (χ3n) is 5.55. The van der Waals surface area contributed by atoms with Crippen LogP contribution in [0.5, 0.6) is 11.5 Å². The van der Waals surface area contributed by atoms with Gasteiger partial charge in [-0.05, 0) is 61.5 Å². The molecule has 1 fully saturated rings. The first-order chi connectivity index (χ1) is 15.6. The first kappa shape index (κ1) is 22.1. The lowest BCUT2D eigenvalue weighted by molar-refractivity contribution is 0.0904. The quantitative estimate of drug-likeness (QED) is 0.525. The predicted octanol–water partition coefficient (Wildman–Crippen LogP) is 3.92. The number of methoxy groups -OCH3 is 2. The van der Waals surface area contributed by atoms with Gasteiger partial charge in [-0.25, -0.2) is 0 Å². The molecule has 3 aromatic rings. The summed E-state index contributed by atoms with van der Waals surface area (Å²) in [6.07, 6.45) is 2.09. The highest BCUT2D eigenvalue weighted by atomic mass is 32.1. The molecule has 0 amide bonds. The van der Waals surface area contributed by atoms with E-state index in [-0.39, 0.29) is 11.7 Å². The number of pyridine rings is 1. The second kappa shape index (κ2) is 10.0. The third kappa shape index (κ3) is 5.20. The summed E-state index contributed by atoms with van der Waals surface area (Å²) in [6, 6.07) is 15.1. The molecular formula is C24H27N3O4S. The van der Waals surface area contributed by atoms with Crippen molar-refractivity contribution < 1.29 is 14.2 Å².